The standard InChI is InChI=1S/C21H21N3O2/c1-3-13-24-20(15-9-11-16(26-2)12-10-15)17-18(14-7-5-4-6-8-14)22-23-19(17)21(24)25/h4-12,20H,3,13H2,1-2H3,(H,22,23). The number of hydrogen-bond donors (Lipinski definition) is 1. The average Bonchev–Trinajstić information content (AvgIpc) is 3.23. The predicted molar refractivity (Wildman–Crippen MR) is 100 cm³/mol. The zero-order chi connectivity index (χ0) is 18.1. The summed E-state index contributed by atoms with van der Waals surface area (Å²) in [5.41, 5.74) is 4.46. The Morgan fingerprint density at radius 2 is 1.85 bits per heavy atom. The molecule has 0 saturated carbocycles. The maximum atomic E-state index is 13.0. The normalized spacial score (nSPS) is 16.0. The number of carbonyl (C=O) groups excluding carboxylic acids is 1. The molecule has 0 radical (unpaired) electrons. The molecule has 0 aliphatic carbocycles. The van der Waals surface area contributed by atoms with Gasteiger partial charge in [0, 0.05) is 17.7 Å². The second-order valence-corrected chi connectivity index (χ2v) is 6.40. The third kappa shape index (κ3) is 2.56. The Morgan fingerprint density at radius 1 is 1.12 bits per heavy atom. The summed E-state index contributed by atoms with van der Waals surface area (Å²) in [5.74, 6) is 0.813. The molecule has 0 fully saturated rings. The minimum absolute atomic E-state index is 0.0114. The number of amides is 1. The molecule has 4 rings (SSSR count). The zero-order valence-corrected chi connectivity index (χ0v) is 14.9. The molecule has 1 amide bonds. The molecule has 5 heteroatoms. The third-order valence-electron chi connectivity index (χ3n) is 4.81. The molecule has 1 atom stereocenters. The quantitative estimate of drug-likeness (QED) is 0.758. The van der Waals surface area contributed by atoms with E-state index in [2.05, 4.69) is 17.1 Å². The van der Waals surface area contributed by atoms with Crippen molar-refractivity contribution in [1.82, 2.24) is 15.1 Å². The Morgan fingerprint density at radius 3 is 2.50 bits per heavy atom. The molecule has 1 N–H and O–H groups in total. The third-order valence-corrected chi connectivity index (χ3v) is 4.81. The first kappa shape index (κ1) is 16.4. The lowest BCUT2D eigenvalue weighted by Gasteiger charge is -2.26. The fourth-order valence-corrected chi connectivity index (χ4v) is 3.62. The number of nitrogens with zero attached hydrogens (tertiary/aromatic N) is 2. The van der Waals surface area contributed by atoms with Crippen molar-refractivity contribution < 1.29 is 9.53 Å². The highest BCUT2D eigenvalue weighted by Crippen LogP contribution is 2.42. The van der Waals surface area contributed by atoms with Crippen LogP contribution in [0.5, 0.6) is 5.75 Å². The molecular weight excluding hydrogens is 326 g/mol. The summed E-state index contributed by atoms with van der Waals surface area (Å²) in [7, 11) is 1.65. The first-order chi connectivity index (χ1) is 12.7. The predicted octanol–water partition coefficient (Wildman–Crippen LogP) is 4.04. The van der Waals surface area contributed by atoms with Gasteiger partial charge in [0.25, 0.3) is 5.91 Å². The van der Waals surface area contributed by atoms with E-state index in [1.807, 2.05) is 59.5 Å². The van der Waals surface area contributed by atoms with E-state index < -0.39 is 0 Å². The molecular formula is C21H21N3O2. The van der Waals surface area contributed by atoms with E-state index in [-0.39, 0.29) is 11.9 Å². The van der Waals surface area contributed by atoms with Crippen LogP contribution in [0.2, 0.25) is 0 Å². The van der Waals surface area contributed by atoms with Gasteiger partial charge in [-0.25, -0.2) is 0 Å². The number of aromatic amines is 1. The second kappa shape index (κ2) is 6.67. The highest BCUT2D eigenvalue weighted by molar-refractivity contribution is 6.00. The highest BCUT2D eigenvalue weighted by atomic mass is 16.5. The minimum atomic E-state index is -0.141. The molecule has 1 unspecified atom stereocenters. The van der Waals surface area contributed by atoms with E-state index in [0.717, 1.165) is 34.6 Å². The first-order valence-corrected chi connectivity index (χ1v) is 8.83. The van der Waals surface area contributed by atoms with Crippen LogP contribution in [-0.4, -0.2) is 34.7 Å². The number of benzene rings is 2. The largest absolute Gasteiger partial charge is 0.497 e. The number of rotatable bonds is 5. The average molecular weight is 347 g/mol. The van der Waals surface area contributed by atoms with Gasteiger partial charge in [0.05, 0.1) is 18.8 Å². The van der Waals surface area contributed by atoms with Gasteiger partial charge in [0.1, 0.15) is 11.4 Å². The van der Waals surface area contributed by atoms with Crippen LogP contribution >= 0.6 is 0 Å². The zero-order valence-electron chi connectivity index (χ0n) is 14.9. The van der Waals surface area contributed by atoms with Crippen LogP contribution < -0.4 is 4.74 Å². The summed E-state index contributed by atoms with van der Waals surface area (Å²) >= 11 is 0. The number of hydrogen-bond acceptors (Lipinski definition) is 3. The first-order valence-electron chi connectivity index (χ1n) is 8.83. The molecule has 0 bridgehead atoms. The van der Waals surface area contributed by atoms with Crippen molar-refractivity contribution in [2.45, 2.75) is 19.4 Å². The Labute approximate surface area is 152 Å². The molecule has 132 valence electrons. The van der Waals surface area contributed by atoms with Gasteiger partial charge in [-0.05, 0) is 24.1 Å². The van der Waals surface area contributed by atoms with Gasteiger partial charge < -0.3 is 9.64 Å². The van der Waals surface area contributed by atoms with Gasteiger partial charge in [0.2, 0.25) is 0 Å². The molecule has 0 saturated heterocycles. The fourth-order valence-electron chi connectivity index (χ4n) is 3.62. The number of H-pyrrole nitrogens is 1. The number of aromatic nitrogens is 2. The topological polar surface area (TPSA) is 58.2 Å². The van der Waals surface area contributed by atoms with Crippen molar-refractivity contribution in [1.29, 1.82) is 0 Å². The van der Waals surface area contributed by atoms with E-state index in [0.29, 0.717) is 12.2 Å². The summed E-state index contributed by atoms with van der Waals surface area (Å²) in [5, 5.41) is 7.44. The van der Waals surface area contributed by atoms with Crippen molar-refractivity contribution in [2.75, 3.05) is 13.7 Å². The molecule has 0 spiro atoms. The molecule has 1 aromatic heterocycles. The lowest BCUT2D eigenvalue weighted by Crippen LogP contribution is -2.30. The number of nitrogens with one attached hydrogen (secondary N) is 1. The van der Waals surface area contributed by atoms with Crippen molar-refractivity contribution in [2.24, 2.45) is 0 Å². The fraction of sp³-hybridized carbons (Fsp3) is 0.238. The van der Waals surface area contributed by atoms with Gasteiger partial charge >= 0.3 is 0 Å². The molecule has 2 aromatic carbocycles. The van der Waals surface area contributed by atoms with E-state index in [4.69, 9.17) is 4.74 Å². The van der Waals surface area contributed by atoms with Crippen LogP contribution in [0.3, 0.4) is 0 Å². The Kier molecular flexibility index (Phi) is 4.21. The molecule has 2 heterocycles. The van der Waals surface area contributed by atoms with Crippen LogP contribution in [0.1, 0.15) is 41.0 Å². The molecule has 1 aliphatic rings. The highest BCUT2D eigenvalue weighted by Gasteiger charge is 2.41. The summed E-state index contributed by atoms with van der Waals surface area (Å²) in [6, 6.07) is 17.8. The van der Waals surface area contributed by atoms with Crippen LogP contribution in [0.25, 0.3) is 11.3 Å². The van der Waals surface area contributed by atoms with Crippen LogP contribution in [0.15, 0.2) is 54.6 Å². The summed E-state index contributed by atoms with van der Waals surface area (Å²) in [4.78, 5) is 14.9. The maximum absolute atomic E-state index is 13.0. The Hall–Kier alpha value is -3.08. The lowest BCUT2D eigenvalue weighted by molar-refractivity contribution is 0.0744. The van der Waals surface area contributed by atoms with E-state index in [1.54, 1.807) is 7.11 Å². The van der Waals surface area contributed by atoms with E-state index in [1.165, 1.54) is 0 Å². The van der Waals surface area contributed by atoms with E-state index >= 15 is 0 Å². The smallest absolute Gasteiger partial charge is 0.273 e. The van der Waals surface area contributed by atoms with Gasteiger partial charge in [-0.15, -0.1) is 0 Å². The van der Waals surface area contributed by atoms with Gasteiger partial charge in [-0.2, -0.15) is 5.10 Å². The SMILES string of the molecule is CCCN1C(=O)c2[nH]nc(-c3ccccc3)c2C1c1ccc(OC)cc1. The molecule has 3 aromatic rings. The number of methoxy groups -OCH3 is 1. The molecule has 26 heavy (non-hydrogen) atoms. The van der Waals surface area contributed by atoms with Gasteiger partial charge in [-0.1, -0.05) is 49.4 Å². The van der Waals surface area contributed by atoms with Crippen molar-refractivity contribution in [3.63, 3.8) is 0 Å². The second-order valence-electron chi connectivity index (χ2n) is 6.40. The Bertz CT molecular complexity index is 916. The summed E-state index contributed by atoms with van der Waals surface area (Å²) < 4.78 is 5.28. The number of carbonyl (C=O) groups is 1. The lowest BCUT2D eigenvalue weighted by atomic mass is 9.96. The summed E-state index contributed by atoms with van der Waals surface area (Å²) in [6.45, 7) is 2.79. The maximum Gasteiger partial charge on any atom is 0.273 e. The minimum Gasteiger partial charge on any atom is -0.497 e. The van der Waals surface area contributed by atoms with Crippen molar-refractivity contribution in [3.05, 3.63) is 71.4 Å². The van der Waals surface area contributed by atoms with Crippen molar-refractivity contribution >= 4 is 5.91 Å². The Balaban J connectivity index is 1.86. The number of fused-ring (bicyclic) bond motifs is 1. The monoisotopic (exact) mass is 347 g/mol. The number of ether oxygens (including phenoxy) is 1. The van der Waals surface area contributed by atoms with Crippen LogP contribution in [0.4, 0.5) is 0 Å². The van der Waals surface area contributed by atoms with Gasteiger partial charge in [0.15, 0.2) is 0 Å². The molecule has 1 aliphatic heterocycles. The van der Waals surface area contributed by atoms with Crippen LogP contribution in [-0.2, 0) is 0 Å². The summed E-state index contributed by atoms with van der Waals surface area (Å²) in [6.07, 6.45) is 0.900. The van der Waals surface area contributed by atoms with Crippen LogP contribution in [0, 0.1) is 0 Å². The van der Waals surface area contributed by atoms with Crippen molar-refractivity contribution in [3.8, 4) is 17.0 Å². The van der Waals surface area contributed by atoms with E-state index in [9.17, 15) is 4.79 Å². The van der Waals surface area contributed by atoms with Gasteiger partial charge in [-0.3, -0.25) is 9.89 Å². The molecule has 5 nitrogen and oxygen atoms in total.